The molecule has 3 aliphatic rings. The molecule has 41 heavy (non-hydrogen) atoms. The molecule has 7 rings (SSSR count). The lowest BCUT2D eigenvalue weighted by Gasteiger charge is -2.35. The van der Waals surface area contributed by atoms with Crippen LogP contribution in [0, 0.1) is 0 Å². The first-order valence-electron chi connectivity index (χ1n) is 13.5. The van der Waals surface area contributed by atoms with E-state index in [4.69, 9.17) is 10.1 Å². The van der Waals surface area contributed by atoms with Crippen molar-refractivity contribution in [2.24, 2.45) is 4.99 Å². The van der Waals surface area contributed by atoms with Crippen molar-refractivity contribution in [3.05, 3.63) is 89.6 Å². The molecular weight excluding hydrogens is 531 g/mol. The van der Waals surface area contributed by atoms with Gasteiger partial charge in [0.2, 0.25) is 5.96 Å². The third-order valence-electron chi connectivity index (χ3n) is 7.95. The van der Waals surface area contributed by atoms with Crippen molar-refractivity contribution >= 4 is 29.2 Å². The summed E-state index contributed by atoms with van der Waals surface area (Å²) in [5, 5.41) is 8.24. The zero-order chi connectivity index (χ0) is 28.3. The fourth-order valence-electron chi connectivity index (χ4n) is 5.93. The van der Waals surface area contributed by atoms with E-state index in [0.29, 0.717) is 35.1 Å². The summed E-state index contributed by atoms with van der Waals surface area (Å²) in [4.78, 5) is 26.4. The van der Waals surface area contributed by atoms with Gasteiger partial charge in [-0.05, 0) is 49.1 Å². The van der Waals surface area contributed by atoms with Gasteiger partial charge < -0.3 is 5.32 Å². The van der Waals surface area contributed by atoms with Crippen molar-refractivity contribution in [1.29, 1.82) is 0 Å². The maximum Gasteiger partial charge on any atom is 0.417 e. The average Bonchev–Trinajstić information content (AvgIpc) is 3.66. The number of rotatable bonds is 5. The number of benzene rings is 2. The standard InChI is InChI=1S/C30H26F3N7O/c1-38-28(41)25-26(35-21-6-3-2-4-7-21)37-39(27(25)40-24-9-5-8-23(24)36-29(38)40)17-18-10-12-19(13-11-18)22-15-14-20(16-34-22)30(31,32)33/h2-4,6-7,10-16,23-24H,5,8-9,17H2,1H3,(H,35,37)/t23-,24+/m1/s1. The van der Waals surface area contributed by atoms with Crippen LogP contribution in [-0.2, 0) is 12.7 Å². The van der Waals surface area contributed by atoms with Crippen LogP contribution in [0.5, 0.6) is 0 Å². The van der Waals surface area contributed by atoms with Crippen molar-refractivity contribution in [2.45, 2.75) is 44.1 Å². The molecule has 1 aliphatic carbocycles. The number of aromatic nitrogens is 3. The van der Waals surface area contributed by atoms with Gasteiger partial charge in [-0.1, -0.05) is 42.5 Å². The Hall–Kier alpha value is -4.67. The van der Waals surface area contributed by atoms with Gasteiger partial charge in [-0.2, -0.15) is 18.3 Å². The molecule has 2 aromatic heterocycles. The molecule has 2 aliphatic heterocycles. The molecule has 1 saturated carbocycles. The molecule has 1 N–H and O–H groups in total. The van der Waals surface area contributed by atoms with Crippen molar-refractivity contribution in [1.82, 2.24) is 19.7 Å². The van der Waals surface area contributed by atoms with Crippen LogP contribution in [0.15, 0.2) is 77.9 Å². The average molecular weight is 558 g/mol. The lowest BCUT2D eigenvalue weighted by atomic mass is 10.1. The van der Waals surface area contributed by atoms with Crippen LogP contribution in [0.25, 0.3) is 11.3 Å². The van der Waals surface area contributed by atoms with E-state index < -0.39 is 11.7 Å². The molecule has 0 unspecified atom stereocenters. The Morgan fingerprint density at radius 1 is 1.00 bits per heavy atom. The number of fused-ring (bicyclic) bond motifs is 5. The smallest absolute Gasteiger partial charge is 0.338 e. The highest BCUT2D eigenvalue weighted by Crippen LogP contribution is 2.43. The summed E-state index contributed by atoms with van der Waals surface area (Å²) in [6, 6.07) is 19.8. The number of guanidine groups is 1. The Balaban J connectivity index is 1.25. The van der Waals surface area contributed by atoms with E-state index >= 15 is 0 Å². The Morgan fingerprint density at radius 2 is 1.78 bits per heavy atom. The van der Waals surface area contributed by atoms with Crippen LogP contribution in [0.4, 0.5) is 30.5 Å². The number of hydrogen-bond acceptors (Lipinski definition) is 6. The molecule has 0 saturated heterocycles. The Labute approximate surface area is 234 Å². The molecule has 0 spiro atoms. The maximum absolute atomic E-state index is 13.7. The number of nitrogens with zero attached hydrogens (tertiary/aromatic N) is 6. The molecule has 11 heteroatoms. The Morgan fingerprint density at radius 3 is 2.49 bits per heavy atom. The predicted molar refractivity (Wildman–Crippen MR) is 149 cm³/mol. The quantitative estimate of drug-likeness (QED) is 0.329. The number of pyridine rings is 1. The molecule has 4 heterocycles. The lowest BCUT2D eigenvalue weighted by molar-refractivity contribution is -0.137. The van der Waals surface area contributed by atoms with E-state index in [1.807, 2.05) is 59.3 Å². The number of anilines is 3. The lowest BCUT2D eigenvalue weighted by Crippen LogP contribution is -2.52. The molecule has 1 fully saturated rings. The second-order valence-corrected chi connectivity index (χ2v) is 10.6. The van der Waals surface area contributed by atoms with Gasteiger partial charge in [0, 0.05) is 24.5 Å². The second kappa shape index (κ2) is 9.46. The van der Waals surface area contributed by atoms with E-state index in [2.05, 4.69) is 15.2 Å². The minimum Gasteiger partial charge on any atom is -0.338 e. The molecule has 0 radical (unpaired) electrons. The number of carbonyl (C=O) groups is 1. The molecule has 4 aromatic rings. The number of carbonyl (C=O) groups excluding carboxylic acids is 1. The van der Waals surface area contributed by atoms with Gasteiger partial charge >= 0.3 is 6.18 Å². The SMILES string of the molecule is CN1C(=O)c2c(Nc3ccccc3)nn(Cc3ccc(-c4ccc(C(F)(F)F)cn4)cc3)c2N2C1=N[C@@H]1CCC[C@@H]12. The van der Waals surface area contributed by atoms with Crippen LogP contribution in [0.2, 0.25) is 0 Å². The summed E-state index contributed by atoms with van der Waals surface area (Å²) in [7, 11) is 1.76. The normalized spacial score (nSPS) is 19.6. The minimum atomic E-state index is -4.43. The largest absolute Gasteiger partial charge is 0.417 e. The first kappa shape index (κ1) is 25.3. The molecule has 1 amide bonds. The first-order chi connectivity index (χ1) is 19.8. The van der Waals surface area contributed by atoms with Gasteiger partial charge in [0.25, 0.3) is 5.91 Å². The number of nitrogens with one attached hydrogen (secondary N) is 1. The van der Waals surface area contributed by atoms with Gasteiger partial charge in [0.15, 0.2) is 5.82 Å². The van der Waals surface area contributed by atoms with Crippen LogP contribution < -0.4 is 10.2 Å². The number of halogens is 3. The second-order valence-electron chi connectivity index (χ2n) is 10.6. The third kappa shape index (κ3) is 4.32. The number of aliphatic imine (C=N–C) groups is 1. The fraction of sp³-hybridized carbons (Fsp3) is 0.267. The summed E-state index contributed by atoms with van der Waals surface area (Å²) in [6.45, 7) is 0.387. The Bertz CT molecular complexity index is 1650. The monoisotopic (exact) mass is 557 g/mol. The van der Waals surface area contributed by atoms with Crippen molar-refractivity contribution in [3.63, 3.8) is 0 Å². The summed E-state index contributed by atoms with van der Waals surface area (Å²) in [6.07, 6.45) is -0.523. The summed E-state index contributed by atoms with van der Waals surface area (Å²) < 4.78 is 40.7. The van der Waals surface area contributed by atoms with Crippen LogP contribution in [0.1, 0.15) is 40.7 Å². The molecule has 2 atom stereocenters. The van der Waals surface area contributed by atoms with Gasteiger partial charge in [-0.15, -0.1) is 0 Å². The van der Waals surface area contributed by atoms with Gasteiger partial charge in [0.05, 0.1) is 29.9 Å². The zero-order valence-electron chi connectivity index (χ0n) is 22.1. The highest BCUT2D eigenvalue weighted by molar-refractivity contribution is 6.21. The van der Waals surface area contributed by atoms with Gasteiger partial charge in [0.1, 0.15) is 11.4 Å². The van der Waals surface area contributed by atoms with Crippen molar-refractivity contribution in [2.75, 3.05) is 17.3 Å². The molecule has 208 valence electrons. The van der Waals surface area contributed by atoms with Crippen molar-refractivity contribution < 1.29 is 18.0 Å². The molecule has 2 aromatic carbocycles. The van der Waals surface area contributed by atoms with E-state index in [1.54, 1.807) is 11.9 Å². The van der Waals surface area contributed by atoms with Crippen LogP contribution >= 0.6 is 0 Å². The van der Waals surface area contributed by atoms with E-state index in [9.17, 15) is 18.0 Å². The highest BCUT2D eigenvalue weighted by Gasteiger charge is 2.49. The van der Waals surface area contributed by atoms with Crippen LogP contribution in [-0.4, -0.2) is 50.7 Å². The first-order valence-corrected chi connectivity index (χ1v) is 13.5. The number of alkyl halides is 3. The molecule has 0 bridgehead atoms. The Kier molecular flexibility index (Phi) is 5.84. The van der Waals surface area contributed by atoms with E-state index in [-0.39, 0.29) is 18.0 Å². The zero-order valence-corrected chi connectivity index (χ0v) is 22.1. The van der Waals surface area contributed by atoms with Gasteiger partial charge in [-0.25, -0.2) is 9.67 Å². The summed E-state index contributed by atoms with van der Waals surface area (Å²) in [5.41, 5.74) is 2.63. The molecule has 8 nitrogen and oxygen atoms in total. The van der Waals surface area contributed by atoms with E-state index in [0.717, 1.165) is 48.6 Å². The number of amides is 1. The topological polar surface area (TPSA) is 78.7 Å². The maximum atomic E-state index is 13.7. The third-order valence-corrected chi connectivity index (χ3v) is 7.95. The fourth-order valence-corrected chi connectivity index (χ4v) is 5.93. The van der Waals surface area contributed by atoms with Crippen molar-refractivity contribution in [3.8, 4) is 11.3 Å². The number of hydrogen-bond donors (Lipinski definition) is 1. The van der Waals surface area contributed by atoms with Gasteiger partial charge in [-0.3, -0.25) is 19.6 Å². The summed E-state index contributed by atoms with van der Waals surface area (Å²) >= 11 is 0. The highest BCUT2D eigenvalue weighted by atomic mass is 19.4. The minimum absolute atomic E-state index is 0.149. The number of para-hydroxylation sites is 1. The van der Waals surface area contributed by atoms with E-state index in [1.165, 1.54) is 6.07 Å². The summed E-state index contributed by atoms with van der Waals surface area (Å²) in [5.74, 6) is 1.71. The predicted octanol–water partition coefficient (Wildman–Crippen LogP) is 5.94. The van der Waals surface area contributed by atoms with Crippen LogP contribution in [0.3, 0.4) is 0 Å². The molecular formula is C30H26F3N7O.